The van der Waals surface area contributed by atoms with Crippen LogP contribution in [0.4, 0.5) is 16.2 Å². The lowest BCUT2D eigenvalue weighted by Gasteiger charge is -2.42. The summed E-state index contributed by atoms with van der Waals surface area (Å²) in [6.07, 6.45) is 0.697. The van der Waals surface area contributed by atoms with E-state index in [1.807, 2.05) is 0 Å². The minimum Gasteiger partial charge on any atom is -0.379 e. The maximum absolute atomic E-state index is 13.3. The Morgan fingerprint density at radius 2 is 1.91 bits per heavy atom. The number of nitrogens with zero attached hydrogens (tertiary/aromatic N) is 2. The molecule has 2 aromatic rings. The van der Waals surface area contributed by atoms with E-state index < -0.39 is 17.7 Å². The number of benzene rings is 2. The molecule has 3 amide bonds. The second-order valence-corrected chi connectivity index (χ2v) is 8.46. The number of rotatable bonds is 6. The van der Waals surface area contributed by atoms with Crippen LogP contribution in [0.1, 0.15) is 12.0 Å². The van der Waals surface area contributed by atoms with E-state index in [4.69, 9.17) is 27.9 Å². The average Bonchev–Trinajstić information content (AvgIpc) is 2.79. The first-order valence-electron chi connectivity index (χ1n) is 10.4. The highest BCUT2D eigenvalue weighted by Crippen LogP contribution is 2.41. The van der Waals surface area contributed by atoms with Gasteiger partial charge in [0.15, 0.2) is 0 Å². The molecule has 1 atom stereocenters. The van der Waals surface area contributed by atoms with E-state index in [2.05, 4.69) is 15.5 Å². The fourth-order valence-corrected chi connectivity index (χ4v) is 4.23. The minimum atomic E-state index is -2.27. The summed E-state index contributed by atoms with van der Waals surface area (Å²) < 4.78 is 5.34. The Balaban J connectivity index is 1.59. The Kier molecular flexibility index (Phi) is 6.88. The van der Waals surface area contributed by atoms with Crippen molar-refractivity contribution in [3.05, 3.63) is 58.1 Å². The quantitative estimate of drug-likeness (QED) is 0.554. The maximum atomic E-state index is 13.3. The Hall–Kier alpha value is -2.36. The maximum Gasteiger partial charge on any atom is 0.329 e. The molecule has 8 nitrogen and oxygen atoms in total. The highest BCUT2D eigenvalue weighted by atomic mass is 35.5. The number of hydrogen-bond donors (Lipinski definition) is 3. The van der Waals surface area contributed by atoms with Crippen LogP contribution in [-0.2, 0) is 15.3 Å². The molecule has 2 aliphatic rings. The molecule has 0 saturated carbocycles. The molecule has 1 fully saturated rings. The van der Waals surface area contributed by atoms with Gasteiger partial charge >= 0.3 is 6.03 Å². The zero-order chi connectivity index (χ0) is 22.7. The third-order valence-electron chi connectivity index (χ3n) is 5.59. The van der Waals surface area contributed by atoms with Crippen molar-refractivity contribution in [3.63, 3.8) is 0 Å². The van der Waals surface area contributed by atoms with Crippen molar-refractivity contribution < 1.29 is 19.4 Å². The summed E-state index contributed by atoms with van der Waals surface area (Å²) in [6, 6.07) is 10.5. The monoisotopic (exact) mass is 478 g/mol. The fourth-order valence-electron chi connectivity index (χ4n) is 3.94. The van der Waals surface area contributed by atoms with Crippen molar-refractivity contribution in [1.82, 2.24) is 10.2 Å². The number of carbonyl (C=O) groups excluding carboxylic acids is 2. The van der Waals surface area contributed by atoms with Crippen LogP contribution in [0, 0.1) is 0 Å². The molecule has 2 aromatic carbocycles. The number of aliphatic hydroxyl groups is 1. The van der Waals surface area contributed by atoms with Gasteiger partial charge < -0.3 is 20.5 Å². The van der Waals surface area contributed by atoms with Crippen LogP contribution in [0.25, 0.3) is 0 Å². The lowest BCUT2D eigenvalue weighted by molar-refractivity contribution is -0.140. The third-order valence-corrected chi connectivity index (χ3v) is 6.33. The van der Waals surface area contributed by atoms with Crippen LogP contribution < -0.4 is 15.5 Å². The number of urea groups is 1. The normalized spacial score (nSPS) is 21.1. The van der Waals surface area contributed by atoms with Crippen molar-refractivity contribution in [2.45, 2.75) is 12.1 Å². The molecule has 1 saturated heterocycles. The predicted octanol–water partition coefficient (Wildman–Crippen LogP) is 3.03. The van der Waals surface area contributed by atoms with E-state index in [9.17, 15) is 14.7 Å². The first kappa shape index (κ1) is 22.8. The number of hydrogen-bond acceptors (Lipinski definition) is 5. The van der Waals surface area contributed by atoms with Gasteiger partial charge in [0.05, 0.1) is 34.6 Å². The van der Waals surface area contributed by atoms with Crippen LogP contribution >= 0.6 is 23.2 Å². The van der Waals surface area contributed by atoms with Crippen molar-refractivity contribution >= 4 is 46.5 Å². The number of amides is 3. The minimum absolute atomic E-state index is 0.198. The molecule has 0 spiro atoms. The standard InChI is InChI=1S/C22H24Cl2N4O4/c23-17-7-6-15(14-18(17)24)28-21(30)26-19-5-2-1-4-16(19)22(28,31)20(29)25-8-3-9-27-10-12-32-13-11-27/h1-2,4-7,14,31H,3,8-13H2,(H,25,29)(H,26,30). The Bertz CT molecular complexity index is 1020. The SMILES string of the molecule is O=C1Nc2ccccc2C(O)(C(=O)NCCCN2CCOCC2)N1c1ccc(Cl)c(Cl)c1. The molecule has 0 aromatic heterocycles. The van der Waals surface area contributed by atoms with Gasteiger partial charge in [-0.1, -0.05) is 41.4 Å². The van der Waals surface area contributed by atoms with E-state index in [1.165, 1.54) is 18.2 Å². The van der Waals surface area contributed by atoms with Crippen molar-refractivity contribution in [3.8, 4) is 0 Å². The van der Waals surface area contributed by atoms with Crippen LogP contribution in [0.3, 0.4) is 0 Å². The number of nitrogens with one attached hydrogen (secondary N) is 2. The number of anilines is 2. The van der Waals surface area contributed by atoms with E-state index in [0.29, 0.717) is 36.9 Å². The lowest BCUT2D eigenvalue weighted by Crippen LogP contribution is -2.62. The first-order chi connectivity index (χ1) is 15.4. The molecule has 1 unspecified atom stereocenters. The number of morpholine rings is 1. The first-order valence-corrected chi connectivity index (χ1v) is 11.1. The molecule has 0 bridgehead atoms. The molecule has 0 radical (unpaired) electrons. The van der Waals surface area contributed by atoms with E-state index in [0.717, 1.165) is 24.5 Å². The summed E-state index contributed by atoms with van der Waals surface area (Å²) in [5.41, 5.74) is -1.41. The number of carbonyl (C=O) groups is 2. The molecule has 32 heavy (non-hydrogen) atoms. The van der Waals surface area contributed by atoms with Crippen LogP contribution in [-0.4, -0.2) is 61.3 Å². The van der Waals surface area contributed by atoms with E-state index in [-0.39, 0.29) is 16.3 Å². The van der Waals surface area contributed by atoms with E-state index >= 15 is 0 Å². The topological polar surface area (TPSA) is 94.1 Å². The molecular weight excluding hydrogens is 455 g/mol. The molecule has 0 aliphatic carbocycles. The van der Waals surface area contributed by atoms with Gasteiger partial charge in [-0.15, -0.1) is 0 Å². The van der Waals surface area contributed by atoms with Gasteiger partial charge in [0, 0.05) is 25.2 Å². The van der Waals surface area contributed by atoms with Crippen molar-refractivity contribution in [2.24, 2.45) is 0 Å². The smallest absolute Gasteiger partial charge is 0.329 e. The number of halogens is 2. The molecule has 4 rings (SSSR count). The van der Waals surface area contributed by atoms with Crippen LogP contribution in [0.2, 0.25) is 10.0 Å². The molecule has 2 heterocycles. The van der Waals surface area contributed by atoms with Gasteiger partial charge in [-0.3, -0.25) is 14.6 Å². The van der Waals surface area contributed by atoms with Crippen LogP contribution in [0.15, 0.2) is 42.5 Å². The number of ether oxygens (including phenoxy) is 1. The van der Waals surface area contributed by atoms with Crippen molar-refractivity contribution in [2.75, 3.05) is 49.6 Å². The summed E-state index contributed by atoms with van der Waals surface area (Å²) in [7, 11) is 0. The van der Waals surface area contributed by atoms with Gasteiger partial charge in [0.2, 0.25) is 0 Å². The van der Waals surface area contributed by atoms with Crippen LogP contribution in [0.5, 0.6) is 0 Å². The Morgan fingerprint density at radius 1 is 1.16 bits per heavy atom. The Morgan fingerprint density at radius 3 is 2.66 bits per heavy atom. The third kappa shape index (κ3) is 4.42. The fraction of sp³-hybridized carbons (Fsp3) is 0.364. The van der Waals surface area contributed by atoms with Gasteiger partial charge in [0.1, 0.15) is 0 Å². The van der Waals surface area contributed by atoms with Crippen molar-refractivity contribution in [1.29, 1.82) is 0 Å². The molecule has 170 valence electrons. The van der Waals surface area contributed by atoms with Gasteiger partial charge in [-0.05, 0) is 37.2 Å². The number of fused-ring (bicyclic) bond motifs is 1. The zero-order valence-corrected chi connectivity index (χ0v) is 18.8. The average molecular weight is 479 g/mol. The molecule has 3 N–H and O–H groups in total. The summed E-state index contributed by atoms with van der Waals surface area (Å²) in [6.45, 7) is 4.27. The number of para-hydroxylation sites is 1. The van der Waals surface area contributed by atoms with Gasteiger partial charge in [0.25, 0.3) is 11.6 Å². The van der Waals surface area contributed by atoms with Gasteiger partial charge in [-0.25, -0.2) is 4.79 Å². The highest BCUT2D eigenvalue weighted by molar-refractivity contribution is 6.42. The van der Waals surface area contributed by atoms with E-state index in [1.54, 1.807) is 24.3 Å². The second kappa shape index (κ2) is 9.64. The molecular formula is C22H24Cl2N4O4. The molecule has 10 heteroatoms. The summed E-state index contributed by atoms with van der Waals surface area (Å²) in [5, 5.41) is 17.7. The summed E-state index contributed by atoms with van der Waals surface area (Å²) in [5.74, 6) is -0.701. The lowest BCUT2D eigenvalue weighted by atomic mass is 9.94. The molecule has 2 aliphatic heterocycles. The highest BCUT2D eigenvalue weighted by Gasteiger charge is 2.51. The zero-order valence-electron chi connectivity index (χ0n) is 17.3. The Labute approximate surface area is 196 Å². The van der Waals surface area contributed by atoms with Gasteiger partial charge in [-0.2, -0.15) is 0 Å². The largest absolute Gasteiger partial charge is 0.379 e. The second-order valence-electron chi connectivity index (χ2n) is 7.65. The predicted molar refractivity (Wildman–Crippen MR) is 123 cm³/mol. The summed E-state index contributed by atoms with van der Waals surface area (Å²) in [4.78, 5) is 29.6. The summed E-state index contributed by atoms with van der Waals surface area (Å²) >= 11 is 12.2.